The molecule has 0 aromatic heterocycles. The molecule has 18 heavy (non-hydrogen) atoms. The highest BCUT2D eigenvalue weighted by molar-refractivity contribution is 4.73. The van der Waals surface area contributed by atoms with Crippen molar-refractivity contribution in [3.8, 4) is 0 Å². The zero-order valence-corrected chi connectivity index (χ0v) is 11.4. The first kappa shape index (κ1) is 15.8. The van der Waals surface area contributed by atoms with Gasteiger partial charge in [0.05, 0.1) is 6.54 Å². The maximum atomic E-state index is 11.9. The van der Waals surface area contributed by atoms with Gasteiger partial charge in [-0.3, -0.25) is 0 Å². The predicted octanol–water partition coefficient (Wildman–Crippen LogP) is 2.90. The third-order valence-electron chi connectivity index (χ3n) is 3.39. The van der Waals surface area contributed by atoms with Crippen molar-refractivity contribution in [1.82, 2.24) is 10.2 Å². The van der Waals surface area contributed by atoms with Gasteiger partial charge < -0.3 is 10.2 Å². The Kier molecular flexibility index (Phi) is 6.43. The van der Waals surface area contributed by atoms with Crippen LogP contribution in [0.4, 0.5) is 13.2 Å². The lowest BCUT2D eigenvalue weighted by atomic mass is 9.93. The van der Waals surface area contributed by atoms with E-state index in [-0.39, 0.29) is 0 Å². The Labute approximate surface area is 108 Å². The molecule has 0 aromatic carbocycles. The van der Waals surface area contributed by atoms with Crippen molar-refractivity contribution in [1.29, 1.82) is 0 Å². The molecular formula is C13H25F3N2. The molecule has 108 valence electrons. The summed E-state index contributed by atoms with van der Waals surface area (Å²) in [6.07, 6.45) is -0.965. The van der Waals surface area contributed by atoms with Crippen LogP contribution in [-0.2, 0) is 0 Å². The minimum Gasteiger partial charge on any atom is -0.309 e. The maximum Gasteiger partial charge on any atom is 0.401 e. The second-order valence-electron chi connectivity index (χ2n) is 5.72. The Morgan fingerprint density at radius 1 is 1.22 bits per heavy atom. The Hall–Kier alpha value is -0.290. The molecule has 0 amide bonds. The average Bonchev–Trinajstić information content (AvgIpc) is 2.24. The van der Waals surface area contributed by atoms with E-state index >= 15 is 0 Å². The normalized spacial score (nSPS) is 19.7. The van der Waals surface area contributed by atoms with E-state index in [1.165, 1.54) is 0 Å². The fraction of sp³-hybridized carbons (Fsp3) is 1.00. The monoisotopic (exact) mass is 266 g/mol. The van der Waals surface area contributed by atoms with Gasteiger partial charge in [0.25, 0.3) is 0 Å². The second kappa shape index (κ2) is 7.34. The first-order valence-corrected chi connectivity index (χ1v) is 6.86. The standard InChI is InChI=1S/C13H25F3N2/c1-11(2)9-18-7-4-12(5-8-18)3-6-17-10-13(14,15)16/h11-12,17H,3-10H2,1-2H3. The van der Waals surface area contributed by atoms with E-state index in [1.54, 1.807) is 0 Å². The minimum absolute atomic E-state index is 0.481. The van der Waals surface area contributed by atoms with Crippen molar-refractivity contribution in [2.24, 2.45) is 11.8 Å². The van der Waals surface area contributed by atoms with Crippen molar-refractivity contribution in [3.63, 3.8) is 0 Å². The summed E-state index contributed by atoms with van der Waals surface area (Å²) in [4.78, 5) is 2.46. The summed E-state index contributed by atoms with van der Waals surface area (Å²) < 4.78 is 35.8. The van der Waals surface area contributed by atoms with Gasteiger partial charge in [0.15, 0.2) is 0 Å². The van der Waals surface area contributed by atoms with Gasteiger partial charge in [0, 0.05) is 6.54 Å². The van der Waals surface area contributed by atoms with Gasteiger partial charge in [0.2, 0.25) is 0 Å². The topological polar surface area (TPSA) is 15.3 Å². The number of rotatable bonds is 6. The molecule has 0 aromatic rings. The van der Waals surface area contributed by atoms with Gasteiger partial charge in [0.1, 0.15) is 0 Å². The van der Waals surface area contributed by atoms with Crippen LogP contribution in [0.5, 0.6) is 0 Å². The number of hydrogen-bond donors (Lipinski definition) is 1. The molecule has 1 rings (SSSR count). The van der Waals surface area contributed by atoms with Gasteiger partial charge in [-0.15, -0.1) is 0 Å². The second-order valence-corrected chi connectivity index (χ2v) is 5.72. The maximum absolute atomic E-state index is 11.9. The van der Waals surface area contributed by atoms with Gasteiger partial charge in [-0.1, -0.05) is 13.8 Å². The van der Waals surface area contributed by atoms with Crippen LogP contribution >= 0.6 is 0 Å². The lowest BCUT2D eigenvalue weighted by Gasteiger charge is -2.33. The Balaban J connectivity index is 2.05. The molecule has 1 saturated heterocycles. The van der Waals surface area contributed by atoms with Crippen LogP contribution in [0, 0.1) is 11.8 Å². The number of piperidine rings is 1. The van der Waals surface area contributed by atoms with Crippen molar-refractivity contribution in [2.45, 2.75) is 39.3 Å². The molecule has 0 bridgehead atoms. The highest BCUT2D eigenvalue weighted by Crippen LogP contribution is 2.21. The Bertz CT molecular complexity index is 221. The lowest BCUT2D eigenvalue weighted by molar-refractivity contribution is -0.124. The van der Waals surface area contributed by atoms with Crippen LogP contribution < -0.4 is 5.32 Å². The molecule has 0 spiro atoms. The van der Waals surface area contributed by atoms with E-state index in [4.69, 9.17) is 0 Å². The van der Waals surface area contributed by atoms with Crippen molar-refractivity contribution in [2.75, 3.05) is 32.7 Å². The molecule has 1 heterocycles. The summed E-state index contributed by atoms with van der Waals surface area (Å²) in [7, 11) is 0. The molecular weight excluding hydrogens is 241 g/mol. The molecule has 2 nitrogen and oxygen atoms in total. The average molecular weight is 266 g/mol. The largest absolute Gasteiger partial charge is 0.401 e. The molecule has 0 aliphatic carbocycles. The first-order valence-electron chi connectivity index (χ1n) is 6.86. The third kappa shape index (κ3) is 7.21. The van der Waals surface area contributed by atoms with Crippen LogP contribution in [-0.4, -0.2) is 43.8 Å². The SMILES string of the molecule is CC(C)CN1CCC(CCNCC(F)(F)F)CC1. The summed E-state index contributed by atoms with van der Waals surface area (Å²) in [6.45, 7) is 7.39. The van der Waals surface area contributed by atoms with Crippen molar-refractivity contribution < 1.29 is 13.2 Å². The number of halogens is 3. The lowest BCUT2D eigenvalue weighted by Crippen LogP contribution is -2.37. The van der Waals surface area contributed by atoms with Gasteiger partial charge in [-0.25, -0.2) is 0 Å². The quantitative estimate of drug-likeness (QED) is 0.744. The fourth-order valence-corrected chi connectivity index (χ4v) is 2.51. The van der Waals surface area contributed by atoms with Crippen LogP contribution in [0.25, 0.3) is 0 Å². The van der Waals surface area contributed by atoms with E-state index in [9.17, 15) is 13.2 Å². The number of nitrogens with one attached hydrogen (secondary N) is 1. The first-order chi connectivity index (χ1) is 8.37. The number of hydrogen-bond acceptors (Lipinski definition) is 2. The van der Waals surface area contributed by atoms with E-state index in [0.29, 0.717) is 18.4 Å². The molecule has 0 saturated carbocycles. The predicted molar refractivity (Wildman–Crippen MR) is 67.5 cm³/mol. The summed E-state index contributed by atoms with van der Waals surface area (Å²) in [5, 5.41) is 2.48. The highest BCUT2D eigenvalue weighted by atomic mass is 19.4. The Morgan fingerprint density at radius 3 is 2.33 bits per heavy atom. The van der Waals surface area contributed by atoms with Crippen LogP contribution in [0.1, 0.15) is 33.1 Å². The number of likely N-dealkylation sites (tertiary alicyclic amines) is 1. The van der Waals surface area contributed by atoms with Crippen molar-refractivity contribution in [3.05, 3.63) is 0 Å². The minimum atomic E-state index is -4.08. The van der Waals surface area contributed by atoms with E-state index in [0.717, 1.165) is 38.9 Å². The molecule has 1 N–H and O–H groups in total. The number of nitrogens with zero attached hydrogens (tertiary/aromatic N) is 1. The van der Waals surface area contributed by atoms with Crippen LogP contribution in [0.15, 0.2) is 0 Å². The zero-order valence-electron chi connectivity index (χ0n) is 11.4. The molecule has 1 fully saturated rings. The summed E-state index contributed by atoms with van der Waals surface area (Å²) in [5.41, 5.74) is 0. The molecule has 0 atom stereocenters. The van der Waals surface area contributed by atoms with Gasteiger partial charge in [-0.2, -0.15) is 13.2 Å². The molecule has 0 unspecified atom stereocenters. The van der Waals surface area contributed by atoms with Crippen LogP contribution in [0.2, 0.25) is 0 Å². The summed E-state index contributed by atoms with van der Waals surface area (Å²) >= 11 is 0. The molecule has 0 radical (unpaired) electrons. The van der Waals surface area contributed by atoms with Gasteiger partial charge >= 0.3 is 6.18 Å². The molecule has 1 aliphatic rings. The van der Waals surface area contributed by atoms with Crippen molar-refractivity contribution >= 4 is 0 Å². The van der Waals surface area contributed by atoms with E-state index < -0.39 is 12.7 Å². The smallest absolute Gasteiger partial charge is 0.309 e. The Morgan fingerprint density at radius 2 is 1.83 bits per heavy atom. The summed E-state index contributed by atoms with van der Waals surface area (Å²) in [5.74, 6) is 1.28. The van der Waals surface area contributed by atoms with Crippen LogP contribution in [0.3, 0.4) is 0 Å². The fourth-order valence-electron chi connectivity index (χ4n) is 2.51. The van der Waals surface area contributed by atoms with E-state index in [2.05, 4.69) is 24.1 Å². The highest BCUT2D eigenvalue weighted by Gasteiger charge is 2.26. The third-order valence-corrected chi connectivity index (χ3v) is 3.39. The summed E-state index contributed by atoms with van der Waals surface area (Å²) in [6, 6.07) is 0. The van der Waals surface area contributed by atoms with E-state index in [1.807, 2.05) is 0 Å². The molecule has 5 heteroatoms. The van der Waals surface area contributed by atoms with Gasteiger partial charge in [-0.05, 0) is 50.7 Å². The zero-order chi connectivity index (χ0) is 13.6. The number of alkyl halides is 3. The molecule has 1 aliphatic heterocycles.